The summed E-state index contributed by atoms with van der Waals surface area (Å²) in [5.41, 5.74) is 0.200. The van der Waals surface area contributed by atoms with E-state index in [1.807, 2.05) is 0 Å². The molecule has 2 N–H and O–H groups in total. The van der Waals surface area contributed by atoms with Crippen LogP contribution in [0.15, 0.2) is 0 Å². The molecule has 0 spiro atoms. The Morgan fingerprint density at radius 2 is 1.74 bits per heavy atom. The Morgan fingerprint density at radius 3 is 2.11 bits per heavy atom. The van der Waals surface area contributed by atoms with Crippen LogP contribution in [-0.2, 0) is 4.79 Å². The number of hydrogen-bond donors (Lipinski definition) is 2. The topological polar surface area (TPSA) is 52.6 Å². The van der Waals surface area contributed by atoms with E-state index in [9.17, 15) is 4.79 Å². The third kappa shape index (κ3) is 5.11. The number of rotatable bonds is 5. The molecule has 0 aromatic heterocycles. The Hall–Kier alpha value is -0.610. The van der Waals surface area contributed by atoms with Crippen LogP contribution in [0.1, 0.15) is 60.8 Å². The fraction of sp³-hybridized carbons (Fsp3) is 0.933. The number of nitrogens with one attached hydrogen (secondary N) is 1. The van der Waals surface area contributed by atoms with Crippen molar-refractivity contribution in [1.82, 2.24) is 10.2 Å². The van der Waals surface area contributed by atoms with E-state index >= 15 is 0 Å². The van der Waals surface area contributed by atoms with Gasteiger partial charge in [-0.15, -0.1) is 0 Å². The zero-order valence-corrected chi connectivity index (χ0v) is 13.3. The molecule has 0 bridgehead atoms. The molecule has 1 fully saturated rings. The molecule has 0 aromatic rings. The molecule has 0 radical (unpaired) electrons. The summed E-state index contributed by atoms with van der Waals surface area (Å²) in [6.45, 7) is 13.9. The molecule has 0 aromatic carbocycles. The van der Waals surface area contributed by atoms with Gasteiger partial charge in [-0.25, -0.2) is 0 Å². The van der Waals surface area contributed by atoms with Crippen molar-refractivity contribution in [3.05, 3.63) is 0 Å². The SMILES string of the molecule is CC(C)N(CCC(=O)O)C1CC(C)(C)NC(C)(C)C1. The van der Waals surface area contributed by atoms with Crippen LogP contribution in [0.5, 0.6) is 0 Å². The highest BCUT2D eigenvalue weighted by Gasteiger charge is 2.40. The van der Waals surface area contributed by atoms with Gasteiger partial charge in [0.05, 0.1) is 6.42 Å². The van der Waals surface area contributed by atoms with Crippen LogP contribution in [-0.4, -0.2) is 45.7 Å². The van der Waals surface area contributed by atoms with Gasteiger partial charge in [0, 0.05) is 29.7 Å². The average molecular weight is 270 g/mol. The van der Waals surface area contributed by atoms with E-state index in [0.29, 0.717) is 18.6 Å². The molecule has 4 nitrogen and oxygen atoms in total. The maximum atomic E-state index is 10.8. The second-order valence-electron chi connectivity index (χ2n) is 7.43. The Morgan fingerprint density at radius 1 is 1.26 bits per heavy atom. The molecule has 112 valence electrons. The predicted molar refractivity (Wildman–Crippen MR) is 78.4 cm³/mol. The normalized spacial score (nSPS) is 22.9. The van der Waals surface area contributed by atoms with Gasteiger partial charge in [-0.05, 0) is 54.4 Å². The highest BCUT2D eigenvalue weighted by atomic mass is 16.4. The number of carboxylic acid groups (broad SMARTS) is 1. The molecule has 1 aliphatic heterocycles. The lowest BCUT2D eigenvalue weighted by Gasteiger charge is -2.50. The molecular weight excluding hydrogens is 240 g/mol. The van der Waals surface area contributed by atoms with E-state index in [0.717, 1.165) is 12.8 Å². The van der Waals surface area contributed by atoms with Crippen molar-refractivity contribution in [2.75, 3.05) is 6.54 Å². The van der Waals surface area contributed by atoms with Gasteiger partial charge in [0.2, 0.25) is 0 Å². The van der Waals surface area contributed by atoms with Crippen molar-refractivity contribution in [2.24, 2.45) is 0 Å². The van der Waals surface area contributed by atoms with Gasteiger partial charge in [-0.1, -0.05) is 0 Å². The van der Waals surface area contributed by atoms with Gasteiger partial charge < -0.3 is 10.4 Å². The molecule has 4 heteroatoms. The Kier molecular flexibility index (Phi) is 5.02. The molecule has 0 unspecified atom stereocenters. The maximum Gasteiger partial charge on any atom is 0.304 e. The lowest BCUT2D eigenvalue weighted by atomic mass is 9.78. The number of carbonyl (C=O) groups is 1. The van der Waals surface area contributed by atoms with Crippen LogP contribution in [0.25, 0.3) is 0 Å². The van der Waals surface area contributed by atoms with E-state index in [1.165, 1.54) is 0 Å². The molecular formula is C15H30N2O2. The van der Waals surface area contributed by atoms with Crippen LogP contribution >= 0.6 is 0 Å². The fourth-order valence-electron chi connectivity index (χ4n) is 3.59. The van der Waals surface area contributed by atoms with E-state index in [4.69, 9.17) is 5.11 Å². The van der Waals surface area contributed by atoms with E-state index in [1.54, 1.807) is 0 Å². The van der Waals surface area contributed by atoms with E-state index in [-0.39, 0.29) is 17.5 Å². The minimum Gasteiger partial charge on any atom is -0.481 e. The quantitative estimate of drug-likeness (QED) is 0.806. The Bertz CT molecular complexity index is 308. The number of hydrogen-bond acceptors (Lipinski definition) is 3. The maximum absolute atomic E-state index is 10.8. The fourth-order valence-corrected chi connectivity index (χ4v) is 3.59. The van der Waals surface area contributed by atoms with Crippen molar-refractivity contribution in [3.8, 4) is 0 Å². The molecule has 1 saturated heterocycles. The number of piperidine rings is 1. The van der Waals surface area contributed by atoms with E-state index in [2.05, 4.69) is 51.8 Å². The summed E-state index contributed by atoms with van der Waals surface area (Å²) >= 11 is 0. The summed E-state index contributed by atoms with van der Waals surface area (Å²) in [4.78, 5) is 13.2. The van der Waals surface area contributed by atoms with Gasteiger partial charge >= 0.3 is 5.97 Å². The Labute approximate surface area is 117 Å². The highest BCUT2D eigenvalue weighted by Crippen LogP contribution is 2.32. The first-order valence-electron chi connectivity index (χ1n) is 7.29. The van der Waals surface area contributed by atoms with Crippen LogP contribution < -0.4 is 5.32 Å². The van der Waals surface area contributed by atoms with Crippen molar-refractivity contribution in [3.63, 3.8) is 0 Å². The summed E-state index contributed by atoms with van der Waals surface area (Å²) in [6, 6.07) is 0.833. The third-order valence-electron chi connectivity index (χ3n) is 3.88. The van der Waals surface area contributed by atoms with Gasteiger partial charge in [0.15, 0.2) is 0 Å². The zero-order chi connectivity index (χ0) is 14.8. The first kappa shape index (κ1) is 16.4. The van der Waals surface area contributed by atoms with Crippen molar-refractivity contribution >= 4 is 5.97 Å². The standard InChI is InChI=1S/C15H30N2O2/c1-11(2)17(8-7-13(18)19)12-9-14(3,4)16-15(5,6)10-12/h11-12,16H,7-10H2,1-6H3,(H,18,19). The lowest BCUT2D eigenvalue weighted by Crippen LogP contribution is -2.63. The monoisotopic (exact) mass is 270 g/mol. The first-order valence-corrected chi connectivity index (χ1v) is 7.29. The number of aliphatic carboxylic acids is 1. The number of carboxylic acids is 1. The third-order valence-corrected chi connectivity index (χ3v) is 3.88. The Balaban J connectivity index is 2.80. The highest BCUT2D eigenvalue weighted by molar-refractivity contribution is 5.66. The second-order valence-corrected chi connectivity index (χ2v) is 7.43. The molecule has 1 rings (SSSR count). The molecule has 0 saturated carbocycles. The molecule has 0 atom stereocenters. The van der Waals surface area contributed by atoms with Gasteiger partial charge in [0.25, 0.3) is 0 Å². The molecule has 1 heterocycles. The van der Waals surface area contributed by atoms with Gasteiger partial charge in [0.1, 0.15) is 0 Å². The first-order chi connectivity index (χ1) is 8.52. The van der Waals surface area contributed by atoms with E-state index < -0.39 is 5.97 Å². The van der Waals surface area contributed by atoms with Gasteiger partial charge in [-0.2, -0.15) is 0 Å². The predicted octanol–water partition coefficient (Wildman–Crippen LogP) is 2.48. The van der Waals surface area contributed by atoms with Crippen molar-refractivity contribution in [2.45, 2.75) is 84.0 Å². The summed E-state index contributed by atoms with van der Waals surface area (Å²) in [7, 11) is 0. The molecule has 19 heavy (non-hydrogen) atoms. The summed E-state index contributed by atoms with van der Waals surface area (Å²) in [5, 5.41) is 12.6. The van der Waals surface area contributed by atoms with Gasteiger partial charge in [-0.3, -0.25) is 9.69 Å². The zero-order valence-electron chi connectivity index (χ0n) is 13.3. The molecule has 1 aliphatic rings. The van der Waals surface area contributed by atoms with Crippen molar-refractivity contribution < 1.29 is 9.90 Å². The smallest absolute Gasteiger partial charge is 0.304 e. The largest absolute Gasteiger partial charge is 0.481 e. The van der Waals surface area contributed by atoms with Crippen LogP contribution in [0.3, 0.4) is 0 Å². The number of nitrogens with zero attached hydrogens (tertiary/aromatic N) is 1. The van der Waals surface area contributed by atoms with Crippen molar-refractivity contribution in [1.29, 1.82) is 0 Å². The molecule has 0 amide bonds. The van der Waals surface area contributed by atoms with Crippen LogP contribution in [0.4, 0.5) is 0 Å². The minimum atomic E-state index is -0.710. The van der Waals surface area contributed by atoms with Crippen LogP contribution in [0, 0.1) is 0 Å². The summed E-state index contributed by atoms with van der Waals surface area (Å²) in [6.07, 6.45) is 2.35. The second kappa shape index (κ2) is 5.80. The molecule has 0 aliphatic carbocycles. The lowest BCUT2D eigenvalue weighted by molar-refractivity contribution is -0.137. The summed E-state index contributed by atoms with van der Waals surface area (Å²) in [5.74, 6) is -0.710. The average Bonchev–Trinajstić information content (AvgIpc) is 2.10. The summed E-state index contributed by atoms with van der Waals surface area (Å²) < 4.78 is 0. The minimum absolute atomic E-state index is 0.1000. The van der Waals surface area contributed by atoms with Crippen LogP contribution in [0.2, 0.25) is 0 Å².